The largest absolute Gasteiger partial charge is 0.355 e. The summed E-state index contributed by atoms with van der Waals surface area (Å²) < 4.78 is 0. The molecule has 0 atom stereocenters. The average molecular weight is 232 g/mol. The molecule has 0 unspecified atom stereocenters. The summed E-state index contributed by atoms with van der Waals surface area (Å²) in [6.07, 6.45) is 2.50. The van der Waals surface area contributed by atoms with E-state index in [-0.39, 0.29) is 12.5 Å². The van der Waals surface area contributed by atoms with Crippen LogP contribution in [0.5, 0.6) is 0 Å². The zero-order valence-electron chi connectivity index (χ0n) is 9.86. The number of aromatic nitrogens is 1. The molecule has 0 spiro atoms. The third kappa shape index (κ3) is 4.62. The highest BCUT2D eigenvalue weighted by atomic mass is 16.1. The van der Waals surface area contributed by atoms with E-state index < -0.39 is 0 Å². The van der Waals surface area contributed by atoms with E-state index in [2.05, 4.69) is 15.6 Å². The smallest absolute Gasteiger partial charge is 0.233 e. The van der Waals surface area contributed by atoms with Gasteiger partial charge in [0.2, 0.25) is 5.91 Å². The second-order valence-corrected chi connectivity index (χ2v) is 3.58. The van der Waals surface area contributed by atoms with Gasteiger partial charge in [0.05, 0.1) is 6.54 Å². The highest BCUT2D eigenvalue weighted by Gasteiger charge is 2.03. The molecule has 0 saturated heterocycles. The minimum atomic E-state index is -0.0331. The van der Waals surface area contributed by atoms with E-state index in [9.17, 15) is 4.79 Å². The van der Waals surface area contributed by atoms with Crippen LogP contribution < -0.4 is 10.6 Å². The lowest BCUT2D eigenvalue weighted by Crippen LogP contribution is -2.34. The summed E-state index contributed by atoms with van der Waals surface area (Å²) in [5.41, 5.74) is 1.20. The van der Waals surface area contributed by atoms with E-state index in [1.54, 1.807) is 12.3 Å². The van der Waals surface area contributed by atoms with Crippen molar-refractivity contribution >= 4 is 5.91 Å². The number of rotatable bonds is 6. The van der Waals surface area contributed by atoms with Gasteiger partial charge < -0.3 is 10.6 Å². The molecule has 17 heavy (non-hydrogen) atoms. The first kappa shape index (κ1) is 13.1. The van der Waals surface area contributed by atoms with Crippen LogP contribution in [0.15, 0.2) is 18.3 Å². The van der Waals surface area contributed by atoms with Crippen molar-refractivity contribution in [1.82, 2.24) is 15.6 Å². The van der Waals surface area contributed by atoms with Gasteiger partial charge in [-0.3, -0.25) is 4.79 Å². The van der Waals surface area contributed by atoms with Crippen molar-refractivity contribution in [3.05, 3.63) is 29.6 Å². The van der Waals surface area contributed by atoms with Gasteiger partial charge in [-0.15, -0.1) is 0 Å². The Morgan fingerprint density at radius 1 is 1.59 bits per heavy atom. The number of carbonyl (C=O) groups is 1. The van der Waals surface area contributed by atoms with Crippen molar-refractivity contribution in [2.45, 2.75) is 19.9 Å². The van der Waals surface area contributed by atoms with Gasteiger partial charge in [-0.1, -0.05) is 13.0 Å². The number of hydrogen-bond acceptors (Lipinski definition) is 4. The summed E-state index contributed by atoms with van der Waals surface area (Å²) in [5.74, 6) is -0.0331. The normalized spacial score (nSPS) is 9.65. The Morgan fingerprint density at radius 3 is 3.12 bits per heavy atom. The van der Waals surface area contributed by atoms with Crippen LogP contribution in [-0.2, 0) is 11.3 Å². The molecule has 0 aromatic carbocycles. The molecule has 90 valence electrons. The molecule has 1 rings (SSSR count). The second kappa shape index (κ2) is 7.36. The number of pyridine rings is 1. The molecule has 0 aliphatic heterocycles. The Bertz CT molecular complexity index is 411. The number of nitrogens with one attached hydrogen (secondary N) is 2. The van der Waals surface area contributed by atoms with Crippen molar-refractivity contribution in [1.29, 1.82) is 5.26 Å². The molecule has 1 heterocycles. The predicted octanol–water partition coefficient (Wildman–Crippen LogP) is 0.569. The van der Waals surface area contributed by atoms with Gasteiger partial charge >= 0.3 is 0 Å². The van der Waals surface area contributed by atoms with E-state index in [0.717, 1.165) is 12.0 Å². The van der Waals surface area contributed by atoms with Crippen molar-refractivity contribution in [2.24, 2.45) is 0 Å². The summed E-state index contributed by atoms with van der Waals surface area (Å²) in [4.78, 5) is 15.2. The van der Waals surface area contributed by atoms with Gasteiger partial charge in [0, 0.05) is 24.8 Å². The van der Waals surface area contributed by atoms with Crippen molar-refractivity contribution in [2.75, 3.05) is 13.1 Å². The predicted molar refractivity (Wildman–Crippen MR) is 64.0 cm³/mol. The second-order valence-electron chi connectivity index (χ2n) is 3.58. The first-order chi connectivity index (χ1) is 8.27. The Kier molecular flexibility index (Phi) is 5.69. The molecule has 1 aromatic rings. The van der Waals surface area contributed by atoms with Crippen LogP contribution in [0.2, 0.25) is 0 Å². The zero-order valence-corrected chi connectivity index (χ0v) is 9.86. The third-order valence-electron chi connectivity index (χ3n) is 2.17. The molecule has 1 amide bonds. The number of carbonyl (C=O) groups excluding carboxylic acids is 1. The van der Waals surface area contributed by atoms with Crippen LogP contribution >= 0.6 is 0 Å². The molecule has 0 aliphatic rings. The molecule has 5 heteroatoms. The molecule has 0 saturated carbocycles. The Morgan fingerprint density at radius 2 is 2.41 bits per heavy atom. The quantitative estimate of drug-likeness (QED) is 0.751. The number of nitriles is 1. The van der Waals surface area contributed by atoms with E-state index in [0.29, 0.717) is 18.8 Å². The fourth-order valence-electron chi connectivity index (χ4n) is 1.32. The fraction of sp³-hybridized carbons (Fsp3) is 0.417. The average Bonchev–Trinajstić information content (AvgIpc) is 2.37. The van der Waals surface area contributed by atoms with Gasteiger partial charge in [-0.05, 0) is 12.5 Å². The Labute approximate surface area is 101 Å². The van der Waals surface area contributed by atoms with Gasteiger partial charge in [-0.2, -0.15) is 5.26 Å². The lowest BCUT2D eigenvalue weighted by atomic mass is 10.2. The van der Waals surface area contributed by atoms with Crippen molar-refractivity contribution < 1.29 is 4.79 Å². The SMILES string of the molecule is CCCNC(=O)CNCc1cccnc1C#N. The van der Waals surface area contributed by atoms with Gasteiger partial charge in [-0.25, -0.2) is 4.98 Å². The summed E-state index contributed by atoms with van der Waals surface area (Å²) >= 11 is 0. The number of amides is 1. The van der Waals surface area contributed by atoms with Gasteiger partial charge in [0.15, 0.2) is 0 Å². The highest BCUT2D eigenvalue weighted by molar-refractivity contribution is 5.77. The number of nitrogens with zero attached hydrogens (tertiary/aromatic N) is 2. The van der Waals surface area contributed by atoms with Crippen molar-refractivity contribution in [3.63, 3.8) is 0 Å². The fourth-order valence-corrected chi connectivity index (χ4v) is 1.32. The maximum atomic E-state index is 11.3. The van der Waals surface area contributed by atoms with E-state index >= 15 is 0 Å². The molecular formula is C12H16N4O. The lowest BCUT2D eigenvalue weighted by Gasteiger charge is -2.06. The highest BCUT2D eigenvalue weighted by Crippen LogP contribution is 2.02. The summed E-state index contributed by atoms with van der Waals surface area (Å²) in [6.45, 7) is 3.41. The molecule has 0 fully saturated rings. The zero-order chi connectivity index (χ0) is 12.5. The van der Waals surface area contributed by atoms with E-state index in [4.69, 9.17) is 5.26 Å². The molecule has 0 aliphatic carbocycles. The monoisotopic (exact) mass is 232 g/mol. The maximum absolute atomic E-state index is 11.3. The van der Waals surface area contributed by atoms with Crippen LogP contribution in [-0.4, -0.2) is 24.0 Å². The van der Waals surface area contributed by atoms with E-state index in [1.807, 2.05) is 19.1 Å². The van der Waals surface area contributed by atoms with E-state index in [1.165, 1.54) is 0 Å². The summed E-state index contributed by atoms with van der Waals surface area (Å²) in [5, 5.41) is 14.6. The topological polar surface area (TPSA) is 77.8 Å². The van der Waals surface area contributed by atoms with Crippen LogP contribution in [0.25, 0.3) is 0 Å². The molecule has 2 N–H and O–H groups in total. The minimum absolute atomic E-state index is 0.0331. The standard InChI is InChI=1S/C12H16N4O/c1-2-5-16-12(17)9-14-8-10-4-3-6-15-11(10)7-13/h3-4,6,14H,2,5,8-9H2,1H3,(H,16,17). The molecule has 5 nitrogen and oxygen atoms in total. The Balaban J connectivity index is 2.36. The summed E-state index contributed by atoms with van der Waals surface area (Å²) in [6, 6.07) is 5.61. The summed E-state index contributed by atoms with van der Waals surface area (Å²) in [7, 11) is 0. The molecular weight excluding hydrogens is 216 g/mol. The van der Waals surface area contributed by atoms with Gasteiger partial charge in [0.1, 0.15) is 11.8 Å². The molecule has 0 bridgehead atoms. The Hall–Kier alpha value is -1.93. The third-order valence-corrected chi connectivity index (χ3v) is 2.17. The van der Waals surface area contributed by atoms with Crippen molar-refractivity contribution in [3.8, 4) is 6.07 Å². The molecule has 0 radical (unpaired) electrons. The van der Waals surface area contributed by atoms with Crippen LogP contribution in [0, 0.1) is 11.3 Å². The van der Waals surface area contributed by atoms with Crippen LogP contribution in [0.3, 0.4) is 0 Å². The van der Waals surface area contributed by atoms with Crippen LogP contribution in [0.1, 0.15) is 24.6 Å². The number of hydrogen-bond donors (Lipinski definition) is 2. The molecule has 1 aromatic heterocycles. The first-order valence-corrected chi connectivity index (χ1v) is 5.59. The van der Waals surface area contributed by atoms with Crippen LogP contribution in [0.4, 0.5) is 0 Å². The lowest BCUT2D eigenvalue weighted by molar-refractivity contribution is -0.120. The minimum Gasteiger partial charge on any atom is -0.355 e. The first-order valence-electron chi connectivity index (χ1n) is 5.59. The van der Waals surface area contributed by atoms with Gasteiger partial charge in [0.25, 0.3) is 0 Å². The maximum Gasteiger partial charge on any atom is 0.233 e.